The van der Waals surface area contributed by atoms with Gasteiger partial charge in [0.2, 0.25) is 0 Å². The van der Waals surface area contributed by atoms with Crippen molar-refractivity contribution in [2.24, 2.45) is 0 Å². The van der Waals surface area contributed by atoms with Crippen LogP contribution in [0.5, 0.6) is 0 Å². The predicted molar refractivity (Wildman–Crippen MR) is 79.4 cm³/mol. The van der Waals surface area contributed by atoms with Gasteiger partial charge in [0.25, 0.3) is 5.91 Å². The van der Waals surface area contributed by atoms with Crippen LogP contribution in [0.15, 0.2) is 41.0 Å². The summed E-state index contributed by atoms with van der Waals surface area (Å²) in [5.41, 5.74) is 1.27. The lowest BCUT2D eigenvalue weighted by Gasteiger charge is -2.07. The van der Waals surface area contributed by atoms with Gasteiger partial charge in [0.05, 0.1) is 5.56 Å². The van der Waals surface area contributed by atoms with Crippen LogP contribution in [0.2, 0.25) is 5.15 Å². The smallest absolute Gasteiger partial charge is 0.254 e. The van der Waals surface area contributed by atoms with Crippen molar-refractivity contribution < 1.29 is 9.18 Å². The van der Waals surface area contributed by atoms with E-state index >= 15 is 0 Å². The summed E-state index contributed by atoms with van der Waals surface area (Å²) in [5, 5.41) is 2.91. The van der Waals surface area contributed by atoms with Gasteiger partial charge in [0.1, 0.15) is 11.0 Å². The number of amides is 1. The zero-order valence-corrected chi connectivity index (χ0v) is 12.7. The number of hydrogen-bond acceptors (Lipinski definition) is 2. The highest BCUT2D eigenvalue weighted by Gasteiger charge is 2.11. The highest BCUT2D eigenvalue weighted by molar-refractivity contribution is 9.10. The second-order valence-electron chi connectivity index (χ2n) is 4.12. The number of pyridine rings is 1. The predicted octanol–water partition coefficient (Wildman–Crippen LogP) is 3.61. The Kier molecular flexibility index (Phi) is 5.09. The van der Waals surface area contributed by atoms with E-state index in [4.69, 9.17) is 11.6 Å². The molecule has 1 N–H and O–H groups in total. The van der Waals surface area contributed by atoms with Crippen LogP contribution in [0.4, 0.5) is 4.39 Å². The van der Waals surface area contributed by atoms with Gasteiger partial charge in [-0.05, 0) is 46.1 Å². The lowest BCUT2D eigenvalue weighted by Crippen LogP contribution is -2.26. The standard InChI is InChI=1S/C14H11BrClFN2O/c15-10-7-12(13(16)19-8-10)14(20)18-6-5-9-1-3-11(17)4-2-9/h1-4,7-8H,5-6H2,(H,18,20). The fraction of sp³-hybridized carbons (Fsp3) is 0.143. The monoisotopic (exact) mass is 356 g/mol. The first-order chi connectivity index (χ1) is 9.56. The second kappa shape index (κ2) is 6.81. The first-order valence-electron chi connectivity index (χ1n) is 5.90. The molecular formula is C14H11BrClFN2O. The summed E-state index contributed by atoms with van der Waals surface area (Å²) in [7, 11) is 0. The molecule has 0 aliphatic carbocycles. The van der Waals surface area contributed by atoms with Crippen molar-refractivity contribution in [1.29, 1.82) is 0 Å². The van der Waals surface area contributed by atoms with E-state index in [1.165, 1.54) is 18.3 Å². The molecule has 0 saturated heterocycles. The topological polar surface area (TPSA) is 42.0 Å². The molecule has 0 fully saturated rings. The molecule has 0 atom stereocenters. The Hall–Kier alpha value is -1.46. The largest absolute Gasteiger partial charge is 0.352 e. The normalized spacial score (nSPS) is 10.3. The average Bonchev–Trinajstić information content (AvgIpc) is 2.43. The van der Waals surface area contributed by atoms with Gasteiger partial charge in [0, 0.05) is 17.2 Å². The molecule has 2 rings (SSSR count). The number of carbonyl (C=O) groups excluding carboxylic acids is 1. The maximum atomic E-state index is 12.7. The van der Waals surface area contributed by atoms with Gasteiger partial charge in [-0.15, -0.1) is 0 Å². The van der Waals surface area contributed by atoms with Crippen LogP contribution in [0.1, 0.15) is 15.9 Å². The Bertz CT molecular complexity index is 619. The maximum absolute atomic E-state index is 12.7. The lowest BCUT2D eigenvalue weighted by atomic mass is 10.1. The van der Waals surface area contributed by atoms with Gasteiger partial charge in [0.15, 0.2) is 0 Å². The third-order valence-corrected chi connectivity index (χ3v) is 3.40. The van der Waals surface area contributed by atoms with Gasteiger partial charge in [-0.25, -0.2) is 9.37 Å². The lowest BCUT2D eigenvalue weighted by molar-refractivity contribution is 0.0954. The number of carbonyl (C=O) groups is 1. The Morgan fingerprint density at radius 1 is 1.35 bits per heavy atom. The van der Waals surface area contributed by atoms with Crippen molar-refractivity contribution >= 4 is 33.4 Å². The number of aromatic nitrogens is 1. The molecule has 3 nitrogen and oxygen atoms in total. The highest BCUT2D eigenvalue weighted by Crippen LogP contribution is 2.17. The quantitative estimate of drug-likeness (QED) is 0.849. The summed E-state index contributed by atoms with van der Waals surface area (Å²) >= 11 is 9.11. The Labute approximate surface area is 129 Å². The van der Waals surface area contributed by atoms with Crippen LogP contribution in [0.3, 0.4) is 0 Å². The van der Waals surface area contributed by atoms with Crippen molar-refractivity contribution in [2.45, 2.75) is 6.42 Å². The number of nitrogens with zero attached hydrogens (tertiary/aromatic N) is 1. The Morgan fingerprint density at radius 3 is 2.75 bits per heavy atom. The summed E-state index contributed by atoms with van der Waals surface area (Å²) in [5.74, 6) is -0.560. The fourth-order valence-electron chi connectivity index (χ4n) is 1.65. The summed E-state index contributed by atoms with van der Waals surface area (Å²) in [6, 6.07) is 7.78. The summed E-state index contributed by atoms with van der Waals surface area (Å²) in [6.07, 6.45) is 2.14. The molecule has 20 heavy (non-hydrogen) atoms. The van der Waals surface area contributed by atoms with Gasteiger partial charge < -0.3 is 5.32 Å². The van der Waals surface area contributed by atoms with E-state index in [1.54, 1.807) is 18.2 Å². The minimum absolute atomic E-state index is 0.160. The molecule has 0 aliphatic heterocycles. The number of nitrogens with one attached hydrogen (secondary N) is 1. The molecule has 0 spiro atoms. The Morgan fingerprint density at radius 2 is 2.05 bits per heavy atom. The van der Waals surface area contributed by atoms with Crippen molar-refractivity contribution in [3.8, 4) is 0 Å². The molecule has 1 heterocycles. The number of benzene rings is 1. The molecule has 2 aromatic rings. The van der Waals surface area contributed by atoms with Crippen LogP contribution in [-0.2, 0) is 6.42 Å². The van der Waals surface area contributed by atoms with Crippen molar-refractivity contribution in [1.82, 2.24) is 10.3 Å². The first kappa shape index (κ1) is 14.9. The molecule has 1 aromatic carbocycles. The third-order valence-electron chi connectivity index (χ3n) is 2.66. The van der Waals surface area contributed by atoms with E-state index in [0.717, 1.165) is 5.56 Å². The summed E-state index contributed by atoms with van der Waals surface area (Å²) < 4.78 is 13.4. The SMILES string of the molecule is O=C(NCCc1ccc(F)cc1)c1cc(Br)cnc1Cl. The Balaban J connectivity index is 1.92. The number of rotatable bonds is 4. The van der Waals surface area contributed by atoms with Gasteiger partial charge in [-0.1, -0.05) is 23.7 Å². The molecule has 0 unspecified atom stereocenters. The third kappa shape index (κ3) is 4.02. The molecule has 0 saturated carbocycles. The van der Waals surface area contributed by atoms with E-state index < -0.39 is 0 Å². The number of halogens is 3. The highest BCUT2D eigenvalue weighted by atomic mass is 79.9. The molecular weight excluding hydrogens is 347 g/mol. The average molecular weight is 358 g/mol. The molecule has 0 bridgehead atoms. The van der Waals surface area contributed by atoms with Crippen LogP contribution in [-0.4, -0.2) is 17.4 Å². The van der Waals surface area contributed by atoms with E-state index in [1.807, 2.05) is 0 Å². The minimum Gasteiger partial charge on any atom is -0.352 e. The second-order valence-corrected chi connectivity index (χ2v) is 5.40. The number of hydrogen-bond donors (Lipinski definition) is 1. The zero-order chi connectivity index (χ0) is 14.5. The molecule has 6 heteroatoms. The molecule has 1 aromatic heterocycles. The van der Waals surface area contributed by atoms with Crippen LogP contribution in [0.25, 0.3) is 0 Å². The van der Waals surface area contributed by atoms with E-state index in [2.05, 4.69) is 26.2 Å². The fourth-order valence-corrected chi connectivity index (χ4v) is 2.17. The van der Waals surface area contributed by atoms with Crippen LogP contribution >= 0.6 is 27.5 Å². The van der Waals surface area contributed by atoms with Crippen LogP contribution in [0, 0.1) is 5.82 Å². The van der Waals surface area contributed by atoms with E-state index in [0.29, 0.717) is 23.0 Å². The molecule has 0 radical (unpaired) electrons. The zero-order valence-electron chi connectivity index (χ0n) is 10.4. The minimum atomic E-state index is -0.286. The first-order valence-corrected chi connectivity index (χ1v) is 7.07. The van der Waals surface area contributed by atoms with Gasteiger partial charge in [-0.3, -0.25) is 4.79 Å². The molecule has 104 valence electrons. The van der Waals surface area contributed by atoms with Gasteiger partial charge >= 0.3 is 0 Å². The van der Waals surface area contributed by atoms with Crippen molar-refractivity contribution in [2.75, 3.05) is 6.54 Å². The maximum Gasteiger partial charge on any atom is 0.254 e. The van der Waals surface area contributed by atoms with Crippen molar-refractivity contribution in [3.05, 3.63) is 63.1 Å². The van der Waals surface area contributed by atoms with E-state index in [-0.39, 0.29) is 16.9 Å². The van der Waals surface area contributed by atoms with Crippen molar-refractivity contribution in [3.63, 3.8) is 0 Å². The van der Waals surface area contributed by atoms with Gasteiger partial charge in [-0.2, -0.15) is 0 Å². The summed E-state index contributed by atoms with van der Waals surface area (Å²) in [6.45, 7) is 0.438. The summed E-state index contributed by atoms with van der Waals surface area (Å²) in [4.78, 5) is 15.8. The van der Waals surface area contributed by atoms with E-state index in [9.17, 15) is 9.18 Å². The molecule has 1 amide bonds. The molecule has 0 aliphatic rings. The van der Waals surface area contributed by atoms with Crippen LogP contribution < -0.4 is 5.32 Å².